The van der Waals surface area contributed by atoms with Crippen LogP contribution in [0.3, 0.4) is 0 Å². The number of nitrogens with one attached hydrogen (secondary N) is 1. The summed E-state index contributed by atoms with van der Waals surface area (Å²) in [6, 6.07) is 8.65. The van der Waals surface area contributed by atoms with Crippen molar-refractivity contribution in [3.63, 3.8) is 0 Å². The Bertz CT molecular complexity index is 398. The smallest absolute Gasteiger partial charge is 0.220 e. The van der Waals surface area contributed by atoms with Crippen molar-refractivity contribution in [1.29, 1.82) is 0 Å². The Labute approximate surface area is 117 Å². The van der Waals surface area contributed by atoms with Gasteiger partial charge in [0.2, 0.25) is 5.91 Å². The van der Waals surface area contributed by atoms with Crippen LogP contribution in [0.25, 0.3) is 0 Å². The number of carbonyl (C=O) groups is 1. The maximum Gasteiger partial charge on any atom is 0.220 e. The number of benzene rings is 1. The van der Waals surface area contributed by atoms with Crippen molar-refractivity contribution in [3.8, 4) is 0 Å². The first kappa shape index (κ1) is 15.7. The first-order chi connectivity index (χ1) is 8.97. The SMILES string of the molecule is Cc1cccc(CCC(=O)NC(C)CCC(C)C)c1. The highest BCUT2D eigenvalue weighted by Crippen LogP contribution is 2.08. The van der Waals surface area contributed by atoms with E-state index in [-0.39, 0.29) is 11.9 Å². The molecule has 1 N–H and O–H groups in total. The molecule has 0 aliphatic rings. The van der Waals surface area contributed by atoms with Crippen molar-refractivity contribution in [3.05, 3.63) is 35.4 Å². The van der Waals surface area contributed by atoms with E-state index < -0.39 is 0 Å². The van der Waals surface area contributed by atoms with E-state index in [9.17, 15) is 4.79 Å². The monoisotopic (exact) mass is 261 g/mol. The third kappa shape index (κ3) is 7.00. The van der Waals surface area contributed by atoms with Crippen molar-refractivity contribution < 1.29 is 4.79 Å². The summed E-state index contributed by atoms with van der Waals surface area (Å²) in [4.78, 5) is 11.8. The second-order valence-corrected chi connectivity index (χ2v) is 5.93. The van der Waals surface area contributed by atoms with Gasteiger partial charge in [0.1, 0.15) is 0 Å². The van der Waals surface area contributed by atoms with Gasteiger partial charge in [0.15, 0.2) is 0 Å². The van der Waals surface area contributed by atoms with E-state index in [2.05, 4.69) is 51.2 Å². The van der Waals surface area contributed by atoms with Gasteiger partial charge in [-0.2, -0.15) is 0 Å². The van der Waals surface area contributed by atoms with E-state index in [1.807, 2.05) is 6.07 Å². The minimum atomic E-state index is 0.165. The molecule has 0 aliphatic heterocycles. The van der Waals surface area contributed by atoms with Gasteiger partial charge in [-0.05, 0) is 44.6 Å². The minimum absolute atomic E-state index is 0.165. The molecule has 0 saturated carbocycles. The lowest BCUT2D eigenvalue weighted by Gasteiger charge is -2.15. The lowest BCUT2D eigenvalue weighted by atomic mass is 10.0. The van der Waals surface area contributed by atoms with Crippen LogP contribution < -0.4 is 5.32 Å². The molecular weight excluding hydrogens is 234 g/mol. The lowest BCUT2D eigenvalue weighted by Crippen LogP contribution is -2.32. The summed E-state index contributed by atoms with van der Waals surface area (Å²) in [7, 11) is 0. The molecule has 1 atom stereocenters. The third-order valence-corrected chi connectivity index (χ3v) is 3.31. The predicted molar refractivity (Wildman–Crippen MR) is 81.2 cm³/mol. The molecule has 0 spiro atoms. The molecule has 1 unspecified atom stereocenters. The fourth-order valence-corrected chi connectivity index (χ4v) is 2.13. The number of amides is 1. The summed E-state index contributed by atoms with van der Waals surface area (Å²) >= 11 is 0. The van der Waals surface area contributed by atoms with Gasteiger partial charge in [-0.15, -0.1) is 0 Å². The normalized spacial score (nSPS) is 12.5. The van der Waals surface area contributed by atoms with Crippen molar-refractivity contribution in [2.45, 2.75) is 59.4 Å². The molecule has 106 valence electrons. The quantitative estimate of drug-likeness (QED) is 0.793. The van der Waals surface area contributed by atoms with Gasteiger partial charge in [0, 0.05) is 12.5 Å². The molecule has 1 rings (SSSR count). The summed E-state index contributed by atoms with van der Waals surface area (Å²) in [5.41, 5.74) is 2.49. The Balaban J connectivity index is 2.27. The molecule has 1 amide bonds. The van der Waals surface area contributed by atoms with E-state index in [4.69, 9.17) is 0 Å². The first-order valence-electron chi connectivity index (χ1n) is 7.32. The zero-order valence-electron chi connectivity index (χ0n) is 12.7. The summed E-state index contributed by atoms with van der Waals surface area (Å²) in [6.45, 7) is 8.60. The molecule has 0 radical (unpaired) electrons. The lowest BCUT2D eigenvalue weighted by molar-refractivity contribution is -0.121. The molecule has 0 aromatic heterocycles. The van der Waals surface area contributed by atoms with E-state index in [0.29, 0.717) is 12.3 Å². The van der Waals surface area contributed by atoms with Crippen LogP contribution in [0.2, 0.25) is 0 Å². The predicted octanol–water partition coefficient (Wildman–Crippen LogP) is 3.87. The molecule has 0 aliphatic carbocycles. The Morgan fingerprint density at radius 1 is 1.21 bits per heavy atom. The van der Waals surface area contributed by atoms with Crippen LogP contribution in [0, 0.1) is 12.8 Å². The average molecular weight is 261 g/mol. The number of carbonyl (C=O) groups excluding carboxylic acids is 1. The minimum Gasteiger partial charge on any atom is -0.354 e. The zero-order chi connectivity index (χ0) is 14.3. The summed E-state index contributed by atoms with van der Waals surface area (Å²) in [6.07, 6.45) is 3.63. The first-order valence-corrected chi connectivity index (χ1v) is 7.32. The fourth-order valence-electron chi connectivity index (χ4n) is 2.13. The van der Waals surface area contributed by atoms with Crippen molar-refractivity contribution in [1.82, 2.24) is 5.32 Å². The highest BCUT2D eigenvalue weighted by Gasteiger charge is 2.08. The van der Waals surface area contributed by atoms with E-state index in [1.54, 1.807) is 0 Å². The van der Waals surface area contributed by atoms with Gasteiger partial charge in [0.25, 0.3) is 0 Å². The van der Waals surface area contributed by atoms with Crippen molar-refractivity contribution in [2.24, 2.45) is 5.92 Å². The topological polar surface area (TPSA) is 29.1 Å². The summed E-state index contributed by atoms with van der Waals surface area (Å²) in [5.74, 6) is 0.865. The van der Waals surface area contributed by atoms with Crippen molar-refractivity contribution in [2.75, 3.05) is 0 Å². The summed E-state index contributed by atoms with van der Waals surface area (Å²) in [5, 5.41) is 3.08. The maximum absolute atomic E-state index is 11.8. The van der Waals surface area contributed by atoms with Crippen LogP contribution in [-0.2, 0) is 11.2 Å². The van der Waals surface area contributed by atoms with Crippen LogP contribution in [0.15, 0.2) is 24.3 Å². The highest BCUT2D eigenvalue weighted by atomic mass is 16.1. The molecule has 0 saturated heterocycles. The van der Waals surface area contributed by atoms with Gasteiger partial charge in [-0.1, -0.05) is 43.7 Å². The second-order valence-electron chi connectivity index (χ2n) is 5.93. The Kier molecular flexibility index (Phi) is 6.61. The maximum atomic E-state index is 11.8. The van der Waals surface area contributed by atoms with Crippen LogP contribution in [0.4, 0.5) is 0 Å². The summed E-state index contributed by atoms with van der Waals surface area (Å²) < 4.78 is 0. The van der Waals surface area contributed by atoms with Crippen LogP contribution in [0.1, 0.15) is 51.2 Å². The molecule has 0 fully saturated rings. The van der Waals surface area contributed by atoms with Crippen LogP contribution in [0.5, 0.6) is 0 Å². The van der Waals surface area contributed by atoms with Gasteiger partial charge >= 0.3 is 0 Å². The molecule has 1 aromatic rings. The van der Waals surface area contributed by atoms with Gasteiger partial charge < -0.3 is 5.32 Å². The van der Waals surface area contributed by atoms with E-state index in [1.165, 1.54) is 17.5 Å². The standard InChI is InChI=1S/C17H27NO/c1-13(2)8-9-15(4)18-17(19)11-10-16-7-5-6-14(3)12-16/h5-7,12-13,15H,8-11H2,1-4H3,(H,18,19). The van der Waals surface area contributed by atoms with Gasteiger partial charge in [-0.25, -0.2) is 0 Å². The molecule has 19 heavy (non-hydrogen) atoms. The zero-order valence-corrected chi connectivity index (χ0v) is 12.7. The number of rotatable bonds is 7. The molecular formula is C17H27NO. The fraction of sp³-hybridized carbons (Fsp3) is 0.588. The van der Waals surface area contributed by atoms with Crippen LogP contribution >= 0.6 is 0 Å². The Morgan fingerprint density at radius 3 is 2.58 bits per heavy atom. The average Bonchev–Trinajstić information content (AvgIpc) is 2.34. The Morgan fingerprint density at radius 2 is 1.95 bits per heavy atom. The highest BCUT2D eigenvalue weighted by molar-refractivity contribution is 5.76. The second kappa shape index (κ2) is 7.98. The van der Waals surface area contributed by atoms with Gasteiger partial charge in [-0.3, -0.25) is 4.79 Å². The number of hydrogen-bond donors (Lipinski definition) is 1. The molecule has 2 heteroatoms. The third-order valence-electron chi connectivity index (χ3n) is 3.31. The number of aryl methyl sites for hydroxylation is 2. The molecule has 0 bridgehead atoms. The molecule has 1 aromatic carbocycles. The number of hydrogen-bond acceptors (Lipinski definition) is 1. The Hall–Kier alpha value is -1.31. The van der Waals surface area contributed by atoms with Crippen molar-refractivity contribution >= 4 is 5.91 Å². The van der Waals surface area contributed by atoms with E-state index in [0.717, 1.165) is 12.8 Å². The van der Waals surface area contributed by atoms with Crippen LogP contribution in [-0.4, -0.2) is 11.9 Å². The molecule has 0 heterocycles. The van der Waals surface area contributed by atoms with E-state index >= 15 is 0 Å². The molecule has 2 nitrogen and oxygen atoms in total. The largest absolute Gasteiger partial charge is 0.354 e. The van der Waals surface area contributed by atoms with Gasteiger partial charge in [0.05, 0.1) is 0 Å².